The number of nitrogens with zero attached hydrogens (tertiary/aromatic N) is 4. The number of halogens is 4. The summed E-state index contributed by atoms with van der Waals surface area (Å²) in [6.45, 7) is 0. The van der Waals surface area contributed by atoms with Gasteiger partial charge >= 0.3 is 6.18 Å². The van der Waals surface area contributed by atoms with Gasteiger partial charge in [0.15, 0.2) is 0 Å². The fraction of sp³-hybridized carbons (Fsp3) is 0.467. The van der Waals surface area contributed by atoms with Gasteiger partial charge in [-0.15, -0.1) is 5.10 Å². The van der Waals surface area contributed by atoms with E-state index < -0.39 is 17.6 Å². The van der Waals surface area contributed by atoms with E-state index in [1.165, 1.54) is 6.07 Å². The van der Waals surface area contributed by atoms with Crippen LogP contribution in [0.1, 0.15) is 37.3 Å². The van der Waals surface area contributed by atoms with Crippen molar-refractivity contribution in [2.24, 2.45) is 0 Å². The molecule has 1 fully saturated rings. The summed E-state index contributed by atoms with van der Waals surface area (Å²) >= 11 is 6.72. The quantitative estimate of drug-likeness (QED) is 0.755. The molecule has 0 radical (unpaired) electrons. The molecular formula is C15H15ClF3N5OS. The molecule has 11 heteroatoms. The molecule has 140 valence electrons. The van der Waals surface area contributed by atoms with Gasteiger partial charge in [0.2, 0.25) is 11.1 Å². The minimum atomic E-state index is -4.62. The Morgan fingerprint density at radius 1 is 1.35 bits per heavy atom. The first-order valence-corrected chi connectivity index (χ1v) is 9.28. The molecule has 1 aromatic heterocycles. The number of hydrogen-bond acceptors (Lipinski definition) is 5. The van der Waals surface area contributed by atoms with Gasteiger partial charge in [0.25, 0.3) is 0 Å². The van der Waals surface area contributed by atoms with Crippen molar-refractivity contribution in [2.75, 3.05) is 11.1 Å². The summed E-state index contributed by atoms with van der Waals surface area (Å²) in [5.41, 5.74) is -1.32. The van der Waals surface area contributed by atoms with E-state index in [1.54, 1.807) is 4.68 Å². The maximum absolute atomic E-state index is 13.1. The Morgan fingerprint density at radius 3 is 2.77 bits per heavy atom. The monoisotopic (exact) mass is 405 g/mol. The molecule has 1 aromatic carbocycles. The van der Waals surface area contributed by atoms with Crippen LogP contribution in [0.4, 0.5) is 18.9 Å². The van der Waals surface area contributed by atoms with Gasteiger partial charge in [-0.3, -0.25) is 4.79 Å². The van der Waals surface area contributed by atoms with Crippen molar-refractivity contribution in [1.29, 1.82) is 0 Å². The zero-order valence-corrected chi connectivity index (χ0v) is 15.0. The van der Waals surface area contributed by atoms with E-state index in [-0.39, 0.29) is 22.5 Å². The van der Waals surface area contributed by atoms with Crippen LogP contribution in [0.3, 0.4) is 0 Å². The van der Waals surface area contributed by atoms with Crippen molar-refractivity contribution in [3.63, 3.8) is 0 Å². The van der Waals surface area contributed by atoms with Crippen LogP contribution in [-0.2, 0) is 11.0 Å². The van der Waals surface area contributed by atoms with Crippen LogP contribution in [0.15, 0.2) is 23.4 Å². The van der Waals surface area contributed by atoms with Crippen molar-refractivity contribution in [2.45, 2.75) is 43.1 Å². The molecule has 0 atom stereocenters. The Bertz CT molecular complexity index is 792. The predicted molar refractivity (Wildman–Crippen MR) is 91.1 cm³/mol. The van der Waals surface area contributed by atoms with Crippen LogP contribution in [0.5, 0.6) is 0 Å². The van der Waals surface area contributed by atoms with E-state index in [0.717, 1.165) is 49.6 Å². The maximum Gasteiger partial charge on any atom is 0.418 e. The van der Waals surface area contributed by atoms with Crippen LogP contribution >= 0.6 is 23.4 Å². The number of thioether (sulfide) groups is 1. The highest BCUT2D eigenvalue weighted by Crippen LogP contribution is 2.36. The minimum Gasteiger partial charge on any atom is -0.325 e. The van der Waals surface area contributed by atoms with Crippen molar-refractivity contribution < 1.29 is 18.0 Å². The first kappa shape index (κ1) is 19.0. The van der Waals surface area contributed by atoms with Gasteiger partial charge in [-0.2, -0.15) is 13.2 Å². The summed E-state index contributed by atoms with van der Waals surface area (Å²) in [5.74, 6) is -0.684. The number of amides is 1. The largest absolute Gasteiger partial charge is 0.418 e. The molecule has 2 aromatic rings. The number of rotatable bonds is 5. The van der Waals surface area contributed by atoms with Crippen molar-refractivity contribution in [3.8, 4) is 0 Å². The Kier molecular flexibility index (Phi) is 5.71. The van der Waals surface area contributed by atoms with Crippen LogP contribution in [0, 0.1) is 0 Å². The van der Waals surface area contributed by atoms with Crippen molar-refractivity contribution in [3.05, 3.63) is 28.8 Å². The highest BCUT2D eigenvalue weighted by atomic mass is 35.5. The molecule has 0 unspecified atom stereocenters. The van der Waals surface area contributed by atoms with Crippen LogP contribution in [0.2, 0.25) is 5.02 Å². The third-order valence-electron chi connectivity index (χ3n) is 4.03. The Hall–Kier alpha value is -1.81. The van der Waals surface area contributed by atoms with Crippen LogP contribution in [-0.4, -0.2) is 31.9 Å². The number of alkyl halides is 3. The lowest BCUT2D eigenvalue weighted by atomic mass is 10.1. The van der Waals surface area contributed by atoms with Crippen molar-refractivity contribution >= 4 is 35.0 Å². The van der Waals surface area contributed by atoms with Gasteiger partial charge in [0.1, 0.15) is 0 Å². The molecule has 1 N–H and O–H groups in total. The number of tetrazole rings is 1. The minimum absolute atomic E-state index is 0.0551. The molecule has 3 rings (SSSR count). The average molecular weight is 406 g/mol. The molecule has 26 heavy (non-hydrogen) atoms. The zero-order valence-electron chi connectivity index (χ0n) is 13.5. The standard InChI is InChI=1S/C15H15ClF3N5OS/c16-9-5-6-12(11(7-9)15(17,18)19)20-13(25)8-26-14-21-22-23-24(14)10-3-1-2-4-10/h5-7,10H,1-4,8H2,(H,20,25). The fourth-order valence-electron chi connectivity index (χ4n) is 2.83. The number of carbonyl (C=O) groups excluding carboxylic acids is 1. The fourth-order valence-corrected chi connectivity index (χ4v) is 3.75. The summed E-state index contributed by atoms with van der Waals surface area (Å²) in [5, 5.41) is 14.2. The topological polar surface area (TPSA) is 72.7 Å². The second kappa shape index (κ2) is 7.83. The third kappa shape index (κ3) is 4.47. The second-order valence-corrected chi connectivity index (χ2v) is 7.25. The van der Waals surface area contributed by atoms with Gasteiger partial charge in [0, 0.05) is 5.02 Å². The van der Waals surface area contributed by atoms with E-state index in [2.05, 4.69) is 20.8 Å². The SMILES string of the molecule is O=C(CSc1nnnn1C1CCCC1)Nc1ccc(Cl)cc1C(F)(F)F. The summed E-state index contributed by atoms with van der Waals surface area (Å²) < 4.78 is 40.9. The summed E-state index contributed by atoms with van der Waals surface area (Å²) in [7, 11) is 0. The van der Waals surface area contributed by atoms with Gasteiger partial charge < -0.3 is 5.32 Å². The van der Waals surface area contributed by atoms with Gasteiger partial charge in [-0.05, 0) is 41.5 Å². The maximum atomic E-state index is 13.1. The number of benzene rings is 1. The Morgan fingerprint density at radius 2 is 2.08 bits per heavy atom. The number of carbonyl (C=O) groups is 1. The number of nitrogens with one attached hydrogen (secondary N) is 1. The number of anilines is 1. The lowest BCUT2D eigenvalue weighted by Crippen LogP contribution is -2.18. The zero-order chi connectivity index (χ0) is 18.7. The average Bonchev–Trinajstić information content (AvgIpc) is 3.24. The van der Waals surface area contributed by atoms with E-state index in [1.807, 2.05) is 0 Å². The van der Waals surface area contributed by atoms with Crippen LogP contribution < -0.4 is 5.32 Å². The molecule has 1 aliphatic rings. The van der Waals surface area contributed by atoms with Gasteiger partial charge in [-0.1, -0.05) is 36.2 Å². The molecule has 1 saturated carbocycles. The highest BCUT2D eigenvalue weighted by Gasteiger charge is 2.34. The van der Waals surface area contributed by atoms with E-state index >= 15 is 0 Å². The summed E-state index contributed by atoms with van der Waals surface area (Å²) in [4.78, 5) is 12.1. The molecule has 0 spiro atoms. The molecule has 1 amide bonds. The Labute approximate surface area is 156 Å². The van der Waals surface area contributed by atoms with E-state index in [4.69, 9.17) is 11.6 Å². The van der Waals surface area contributed by atoms with Crippen molar-refractivity contribution in [1.82, 2.24) is 20.2 Å². The normalized spacial score (nSPS) is 15.4. The van der Waals surface area contributed by atoms with E-state index in [9.17, 15) is 18.0 Å². The smallest absolute Gasteiger partial charge is 0.325 e. The molecule has 0 bridgehead atoms. The lowest BCUT2D eigenvalue weighted by molar-refractivity contribution is -0.137. The summed E-state index contributed by atoms with van der Waals surface area (Å²) in [6.07, 6.45) is -0.458. The number of aromatic nitrogens is 4. The Balaban J connectivity index is 1.65. The predicted octanol–water partition coefficient (Wildman–Crippen LogP) is 4.19. The molecular weight excluding hydrogens is 391 g/mol. The lowest BCUT2D eigenvalue weighted by Gasteiger charge is -2.14. The molecule has 0 aliphatic heterocycles. The third-order valence-corrected chi connectivity index (χ3v) is 5.20. The van der Waals surface area contributed by atoms with Crippen LogP contribution in [0.25, 0.3) is 0 Å². The second-order valence-electron chi connectivity index (χ2n) is 5.87. The first-order valence-electron chi connectivity index (χ1n) is 7.92. The van der Waals surface area contributed by atoms with E-state index in [0.29, 0.717) is 5.16 Å². The molecule has 1 aliphatic carbocycles. The first-order chi connectivity index (χ1) is 12.3. The number of hydrogen-bond donors (Lipinski definition) is 1. The molecule has 1 heterocycles. The summed E-state index contributed by atoms with van der Waals surface area (Å²) in [6, 6.07) is 3.42. The molecule has 0 saturated heterocycles. The molecule has 6 nitrogen and oxygen atoms in total. The van der Waals surface area contributed by atoms with Gasteiger partial charge in [0.05, 0.1) is 23.0 Å². The van der Waals surface area contributed by atoms with Gasteiger partial charge in [-0.25, -0.2) is 4.68 Å². The highest BCUT2D eigenvalue weighted by molar-refractivity contribution is 7.99.